The Morgan fingerprint density at radius 2 is 2.04 bits per heavy atom. The summed E-state index contributed by atoms with van der Waals surface area (Å²) in [6, 6.07) is 7.71. The molecule has 1 amide bonds. The van der Waals surface area contributed by atoms with Crippen LogP contribution in [-0.4, -0.2) is 43.7 Å². The van der Waals surface area contributed by atoms with Crippen LogP contribution < -0.4 is 4.74 Å². The van der Waals surface area contributed by atoms with E-state index >= 15 is 0 Å². The van der Waals surface area contributed by atoms with Gasteiger partial charge in [-0.2, -0.15) is 0 Å². The van der Waals surface area contributed by atoms with Crippen molar-refractivity contribution in [2.45, 2.75) is 31.8 Å². The molecule has 0 aromatic heterocycles. The van der Waals surface area contributed by atoms with Crippen LogP contribution in [-0.2, 0) is 9.53 Å². The Labute approximate surface area is 138 Å². The topological polar surface area (TPSA) is 38.8 Å². The van der Waals surface area contributed by atoms with Crippen molar-refractivity contribution in [3.63, 3.8) is 0 Å². The highest BCUT2D eigenvalue weighted by molar-refractivity contribution is 5.91. The molecule has 0 N–H and O–H groups in total. The third kappa shape index (κ3) is 4.83. The molecule has 1 unspecified atom stereocenters. The summed E-state index contributed by atoms with van der Waals surface area (Å²) in [5.41, 5.74) is 1.00. The van der Waals surface area contributed by atoms with Gasteiger partial charge in [-0.05, 0) is 55.4 Å². The average molecular weight is 315 g/mol. The zero-order chi connectivity index (χ0) is 16.1. The Kier molecular flexibility index (Phi) is 5.34. The standard InChI is InChI=1S/C19H25NO3/c1-22-17-9-6-15(7-10-17)8-11-19(21)20(13-16-4-5-16)14-18-3-2-12-23-18/h6-11,16,18H,2-5,12-14H2,1H3. The predicted octanol–water partition coefficient (Wildman–Crippen LogP) is 3.13. The van der Waals surface area contributed by atoms with E-state index in [0.29, 0.717) is 5.92 Å². The van der Waals surface area contributed by atoms with E-state index in [9.17, 15) is 4.79 Å². The molecule has 0 bridgehead atoms. The molecule has 1 saturated heterocycles. The number of rotatable bonds is 7. The van der Waals surface area contributed by atoms with Gasteiger partial charge >= 0.3 is 0 Å². The predicted molar refractivity (Wildman–Crippen MR) is 90.3 cm³/mol. The number of hydrogen-bond donors (Lipinski definition) is 0. The lowest BCUT2D eigenvalue weighted by Crippen LogP contribution is -2.37. The first-order valence-corrected chi connectivity index (χ1v) is 8.47. The number of benzene rings is 1. The molecule has 1 aliphatic carbocycles. The van der Waals surface area contributed by atoms with Crippen molar-refractivity contribution in [3.8, 4) is 5.75 Å². The van der Waals surface area contributed by atoms with E-state index in [1.807, 2.05) is 35.2 Å². The van der Waals surface area contributed by atoms with Crippen molar-refractivity contribution >= 4 is 12.0 Å². The second kappa shape index (κ2) is 7.64. The van der Waals surface area contributed by atoms with Gasteiger partial charge in [-0.3, -0.25) is 4.79 Å². The Morgan fingerprint density at radius 3 is 2.65 bits per heavy atom. The molecule has 23 heavy (non-hydrogen) atoms. The summed E-state index contributed by atoms with van der Waals surface area (Å²) in [5, 5.41) is 0. The summed E-state index contributed by atoms with van der Waals surface area (Å²) in [5.74, 6) is 1.60. The maximum Gasteiger partial charge on any atom is 0.246 e. The van der Waals surface area contributed by atoms with Crippen molar-refractivity contribution in [2.75, 3.05) is 26.8 Å². The highest BCUT2D eigenvalue weighted by Gasteiger charge is 2.28. The minimum Gasteiger partial charge on any atom is -0.497 e. The molecule has 0 spiro atoms. The number of methoxy groups -OCH3 is 1. The lowest BCUT2D eigenvalue weighted by atomic mass is 10.2. The number of carbonyl (C=O) groups is 1. The van der Waals surface area contributed by atoms with E-state index < -0.39 is 0 Å². The van der Waals surface area contributed by atoms with Gasteiger partial charge in [0.25, 0.3) is 0 Å². The molecule has 2 fully saturated rings. The zero-order valence-electron chi connectivity index (χ0n) is 13.7. The summed E-state index contributed by atoms with van der Waals surface area (Å²) in [7, 11) is 1.65. The Balaban J connectivity index is 1.60. The Bertz CT molecular complexity index is 542. The van der Waals surface area contributed by atoms with Gasteiger partial charge in [-0.15, -0.1) is 0 Å². The molecule has 0 radical (unpaired) electrons. The van der Waals surface area contributed by atoms with E-state index in [0.717, 1.165) is 43.9 Å². The number of nitrogens with zero attached hydrogens (tertiary/aromatic N) is 1. The van der Waals surface area contributed by atoms with Gasteiger partial charge < -0.3 is 14.4 Å². The van der Waals surface area contributed by atoms with Gasteiger partial charge in [-0.1, -0.05) is 12.1 Å². The molecular weight excluding hydrogens is 290 g/mol. The van der Waals surface area contributed by atoms with Crippen molar-refractivity contribution in [3.05, 3.63) is 35.9 Å². The van der Waals surface area contributed by atoms with Gasteiger partial charge in [0, 0.05) is 25.8 Å². The highest BCUT2D eigenvalue weighted by Crippen LogP contribution is 2.30. The van der Waals surface area contributed by atoms with Crippen molar-refractivity contribution in [2.24, 2.45) is 5.92 Å². The molecule has 1 aromatic rings. The molecule has 1 atom stereocenters. The summed E-state index contributed by atoms with van der Waals surface area (Å²) in [6.45, 7) is 2.42. The van der Waals surface area contributed by atoms with Crippen LogP contribution in [0.5, 0.6) is 5.75 Å². The van der Waals surface area contributed by atoms with Crippen LogP contribution in [0.3, 0.4) is 0 Å². The van der Waals surface area contributed by atoms with Gasteiger partial charge in [0.2, 0.25) is 5.91 Å². The molecular formula is C19H25NO3. The first-order chi connectivity index (χ1) is 11.2. The van der Waals surface area contributed by atoms with Gasteiger partial charge in [0.15, 0.2) is 0 Å². The lowest BCUT2D eigenvalue weighted by molar-refractivity contribution is -0.127. The van der Waals surface area contributed by atoms with Crippen LogP contribution in [0.4, 0.5) is 0 Å². The van der Waals surface area contributed by atoms with E-state index in [1.54, 1.807) is 13.2 Å². The second-order valence-electron chi connectivity index (χ2n) is 6.43. The molecule has 3 rings (SSSR count). The smallest absolute Gasteiger partial charge is 0.246 e. The maximum atomic E-state index is 12.5. The van der Waals surface area contributed by atoms with Gasteiger partial charge in [0.05, 0.1) is 13.2 Å². The highest BCUT2D eigenvalue weighted by atomic mass is 16.5. The monoisotopic (exact) mass is 315 g/mol. The van der Waals surface area contributed by atoms with Crippen LogP contribution in [0.1, 0.15) is 31.2 Å². The van der Waals surface area contributed by atoms with E-state index in [4.69, 9.17) is 9.47 Å². The van der Waals surface area contributed by atoms with E-state index in [-0.39, 0.29) is 12.0 Å². The largest absolute Gasteiger partial charge is 0.497 e. The van der Waals surface area contributed by atoms with Crippen LogP contribution in [0.15, 0.2) is 30.3 Å². The molecule has 1 aromatic carbocycles. The first kappa shape index (κ1) is 16.1. The number of carbonyl (C=O) groups excluding carboxylic acids is 1. The molecule has 4 nitrogen and oxygen atoms in total. The fourth-order valence-corrected chi connectivity index (χ4v) is 2.89. The quantitative estimate of drug-likeness (QED) is 0.726. The van der Waals surface area contributed by atoms with E-state index in [1.165, 1.54) is 12.8 Å². The second-order valence-corrected chi connectivity index (χ2v) is 6.43. The summed E-state index contributed by atoms with van der Waals surface area (Å²) in [4.78, 5) is 14.5. The Hall–Kier alpha value is -1.81. The third-order valence-electron chi connectivity index (χ3n) is 4.47. The van der Waals surface area contributed by atoms with Crippen LogP contribution in [0.2, 0.25) is 0 Å². The number of hydrogen-bond acceptors (Lipinski definition) is 3. The molecule has 1 heterocycles. The van der Waals surface area contributed by atoms with Crippen LogP contribution in [0.25, 0.3) is 6.08 Å². The van der Waals surface area contributed by atoms with Crippen LogP contribution >= 0.6 is 0 Å². The third-order valence-corrected chi connectivity index (χ3v) is 4.47. The average Bonchev–Trinajstić information content (AvgIpc) is 3.25. The van der Waals surface area contributed by atoms with Crippen molar-refractivity contribution in [1.29, 1.82) is 0 Å². The lowest BCUT2D eigenvalue weighted by Gasteiger charge is -2.24. The first-order valence-electron chi connectivity index (χ1n) is 8.47. The summed E-state index contributed by atoms with van der Waals surface area (Å²) < 4.78 is 10.8. The molecule has 4 heteroatoms. The van der Waals surface area contributed by atoms with Crippen molar-refractivity contribution in [1.82, 2.24) is 4.90 Å². The van der Waals surface area contributed by atoms with E-state index in [2.05, 4.69) is 0 Å². The molecule has 2 aliphatic rings. The minimum absolute atomic E-state index is 0.0863. The fraction of sp³-hybridized carbons (Fsp3) is 0.526. The SMILES string of the molecule is COc1ccc(C=CC(=O)N(CC2CC2)CC2CCCO2)cc1. The number of amides is 1. The normalized spacial score (nSPS) is 20.8. The Morgan fingerprint density at radius 1 is 1.26 bits per heavy atom. The van der Waals surface area contributed by atoms with Gasteiger partial charge in [0.1, 0.15) is 5.75 Å². The fourth-order valence-electron chi connectivity index (χ4n) is 2.89. The zero-order valence-corrected chi connectivity index (χ0v) is 13.7. The molecule has 124 valence electrons. The molecule has 1 aliphatic heterocycles. The summed E-state index contributed by atoms with van der Waals surface area (Å²) in [6.07, 6.45) is 8.44. The summed E-state index contributed by atoms with van der Waals surface area (Å²) >= 11 is 0. The number of ether oxygens (including phenoxy) is 2. The van der Waals surface area contributed by atoms with Crippen LogP contribution in [0, 0.1) is 5.92 Å². The maximum absolute atomic E-state index is 12.5. The minimum atomic E-state index is 0.0863. The van der Waals surface area contributed by atoms with Crippen molar-refractivity contribution < 1.29 is 14.3 Å². The molecule has 1 saturated carbocycles. The van der Waals surface area contributed by atoms with Gasteiger partial charge in [-0.25, -0.2) is 0 Å².